The third-order valence-electron chi connectivity index (χ3n) is 3.71. The summed E-state index contributed by atoms with van der Waals surface area (Å²) in [6.07, 6.45) is 7.38. The van der Waals surface area contributed by atoms with Crippen LogP contribution in [-0.2, 0) is 4.79 Å². The molecular formula is C11H18O. The topological polar surface area (TPSA) is 17.1 Å². The third kappa shape index (κ3) is 1.55. The third-order valence-corrected chi connectivity index (χ3v) is 3.71. The number of rotatable bonds is 1. The molecule has 0 radical (unpaired) electrons. The Balaban J connectivity index is 1.79. The Morgan fingerprint density at radius 3 is 2.08 bits per heavy atom. The van der Waals surface area contributed by atoms with Gasteiger partial charge in [-0.2, -0.15) is 0 Å². The average Bonchev–Trinajstić information content (AvgIpc) is 2.01. The lowest BCUT2D eigenvalue weighted by molar-refractivity contribution is -0.128. The fraction of sp³-hybridized carbons (Fsp3) is 0.909. The standard InChI is InChI=1S/C11H18O/c1-8-2-4-9(5-3-8)10-6-11(12)7-10/h8-10H,2-7H2,1H3. The number of hydrogen-bond acceptors (Lipinski definition) is 1. The van der Waals surface area contributed by atoms with Gasteiger partial charge in [0.25, 0.3) is 0 Å². The maximum Gasteiger partial charge on any atom is 0.133 e. The molecule has 68 valence electrons. The molecule has 0 amide bonds. The van der Waals surface area contributed by atoms with Crippen molar-refractivity contribution in [3.05, 3.63) is 0 Å². The summed E-state index contributed by atoms with van der Waals surface area (Å²) in [5.74, 6) is 3.12. The predicted octanol–water partition coefficient (Wildman–Crippen LogP) is 2.79. The Morgan fingerprint density at radius 1 is 1.00 bits per heavy atom. The van der Waals surface area contributed by atoms with Crippen molar-refractivity contribution in [2.24, 2.45) is 17.8 Å². The molecule has 1 nitrogen and oxygen atoms in total. The van der Waals surface area contributed by atoms with Crippen molar-refractivity contribution in [2.45, 2.75) is 45.4 Å². The molecule has 0 spiro atoms. The zero-order valence-electron chi connectivity index (χ0n) is 7.88. The lowest BCUT2D eigenvalue weighted by Gasteiger charge is -2.36. The monoisotopic (exact) mass is 166 g/mol. The van der Waals surface area contributed by atoms with Crippen molar-refractivity contribution >= 4 is 5.78 Å². The summed E-state index contributed by atoms with van der Waals surface area (Å²) in [5, 5.41) is 0. The second-order valence-corrected chi connectivity index (χ2v) is 4.73. The molecule has 2 rings (SSSR count). The highest BCUT2D eigenvalue weighted by atomic mass is 16.1. The van der Waals surface area contributed by atoms with Gasteiger partial charge in [0.1, 0.15) is 5.78 Å². The maximum absolute atomic E-state index is 10.8. The number of Topliss-reactive ketones (excluding diaryl/α,β-unsaturated/α-hetero) is 1. The predicted molar refractivity (Wildman–Crippen MR) is 48.9 cm³/mol. The van der Waals surface area contributed by atoms with Crippen LogP contribution in [0.5, 0.6) is 0 Å². The summed E-state index contributed by atoms with van der Waals surface area (Å²) in [5.41, 5.74) is 0. The summed E-state index contributed by atoms with van der Waals surface area (Å²) < 4.78 is 0. The molecule has 12 heavy (non-hydrogen) atoms. The van der Waals surface area contributed by atoms with Crippen molar-refractivity contribution < 1.29 is 4.79 Å². The van der Waals surface area contributed by atoms with Crippen LogP contribution in [0, 0.1) is 17.8 Å². The van der Waals surface area contributed by atoms with Gasteiger partial charge < -0.3 is 0 Å². The highest BCUT2D eigenvalue weighted by Crippen LogP contribution is 2.40. The first-order chi connectivity index (χ1) is 5.75. The normalized spacial score (nSPS) is 37.9. The van der Waals surface area contributed by atoms with E-state index in [1.165, 1.54) is 25.7 Å². The molecule has 0 saturated heterocycles. The van der Waals surface area contributed by atoms with Gasteiger partial charge in [0.2, 0.25) is 0 Å². The SMILES string of the molecule is CC1CCC(C2CC(=O)C2)CC1. The van der Waals surface area contributed by atoms with Crippen LogP contribution in [0.25, 0.3) is 0 Å². The Kier molecular flexibility index (Phi) is 2.20. The van der Waals surface area contributed by atoms with Crippen molar-refractivity contribution in [3.63, 3.8) is 0 Å². The summed E-state index contributed by atoms with van der Waals surface area (Å²) in [6.45, 7) is 2.35. The molecule has 0 unspecified atom stereocenters. The van der Waals surface area contributed by atoms with Gasteiger partial charge in [-0.15, -0.1) is 0 Å². The molecule has 2 aliphatic rings. The molecule has 0 aliphatic heterocycles. The molecule has 0 heterocycles. The van der Waals surface area contributed by atoms with Crippen LogP contribution in [0.15, 0.2) is 0 Å². The van der Waals surface area contributed by atoms with Crippen molar-refractivity contribution in [1.29, 1.82) is 0 Å². The van der Waals surface area contributed by atoms with E-state index in [1.807, 2.05) is 0 Å². The number of ketones is 1. The lowest BCUT2D eigenvalue weighted by Crippen LogP contribution is -2.32. The minimum atomic E-state index is 0.499. The minimum Gasteiger partial charge on any atom is -0.300 e. The van der Waals surface area contributed by atoms with Gasteiger partial charge in [-0.25, -0.2) is 0 Å². The Morgan fingerprint density at radius 2 is 1.58 bits per heavy atom. The smallest absolute Gasteiger partial charge is 0.133 e. The highest BCUT2D eigenvalue weighted by molar-refractivity contribution is 5.84. The van der Waals surface area contributed by atoms with Crippen LogP contribution in [0.4, 0.5) is 0 Å². The van der Waals surface area contributed by atoms with Crippen LogP contribution >= 0.6 is 0 Å². The van der Waals surface area contributed by atoms with E-state index in [9.17, 15) is 4.79 Å². The van der Waals surface area contributed by atoms with Crippen molar-refractivity contribution in [2.75, 3.05) is 0 Å². The van der Waals surface area contributed by atoms with Crippen LogP contribution in [0.2, 0.25) is 0 Å². The van der Waals surface area contributed by atoms with Crippen molar-refractivity contribution in [1.82, 2.24) is 0 Å². The van der Waals surface area contributed by atoms with Crippen LogP contribution in [-0.4, -0.2) is 5.78 Å². The molecule has 2 saturated carbocycles. The fourth-order valence-electron chi connectivity index (χ4n) is 2.62. The van der Waals surface area contributed by atoms with E-state index in [0.717, 1.165) is 30.6 Å². The minimum absolute atomic E-state index is 0.499. The van der Waals surface area contributed by atoms with E-state index < -0.39 is 0 Å². The van der Waals surface area contributed by atoms with Gasteiger partial charge in [-0.3, -0.25) is 4.79 Å². The molecule has 2 aliphatic carbocycles. The Hall–Kier alpha value is -0.330. The van der Waals surface area contributed by atoms with E-state index in [1.54, 1.807) is 0 Å². The fourth-order valence-corrected chi connectivity index (χ4v) is 2.62. The molecule has 0 N–H and O–H groups in total. The second-order valence-electron chi connectivity index (χ2n) is 4.73. The van der Waals surface area contributed by atoms with Crippen molar-refractivity contribution in [3.8, 4) is 0 Å². The highest BCUT2D eigenvalue weighted by Gasteiger charge is 2.34. The zero-order valence-corrected chi connectivity index (χ0v) is 7.88. The van der Waals surface area contributed by atoms with Crippen LogP contribution in [0.3, 0.4) is 0 Å². The van der Waals surface area contributed by atoms with E-state index >= 15 is 0 Å². The Bertz CT molecular complexity index is 169. The van der Waals surface area contributed by atoms with E-state index in [2.05, 4.69) is 6.92 Å². The van der Waals surface area contributed by atoms with Crippen LogP contribution < -0.4 is 0 Å². The van der Waals surface area contributed by atoms with Gasteiger partial charge in [0.15, 0.2) is 0 Å². The molecule has 0 bridgehead atoms. The quantitative estimate of drug-likeness (QED) is 0.585. The zero-order chi connectivity index (χ0) is 8.55. The molecule has 1 heteroatoms. The first-order valence-corrected chi connectivity index (χ1v) is 5.27. The van der Waals surface area contributed by atoms with Gasteiger partial charge in [-0.05, 0) is 30.6 Å². The molecule has 0 atom stereocenters. The molecule has 0 aromatic carbocycles. The number of carbonyl (C=O) groups excluding carboxylic acids is 1. The molecule has 2 fully saturated rings. The van der Waals surface area contributed by atoms with E-state index in [-0.39, 0.29) is 0 Å². The average molecular weight is 166 g/mol. The summed E-state index contributed by atoms with van der Waals surface area (Å²) in [6, 6.07) is 0. The largest absolute Gasteiger partial charge is 0.300 e. The maximum atomic E-state index is 10.8. The molecular weight excluding hydrogens is 148 g/mol. The molecule has 0 aromatic rings. The number of hydrogen-bond donors (Lipinski definition) is 0. The van der Waals surface area contributed by atoms with Crippen LogP contribution in [0.1, 0.15) is 45.4 Å². The summed E-state index contributed by atoms with van der Waals surface area (Å²) >= 11 is 0. The number of carbonyl (C=O) groups is 1. The van der Waals surface area contributed by atoms with Gasteiger partial charge >= 0.3 is 0 Å². The second kappa shape index (κ2) is 3.20. The molecule has 0 aromatic heterocycles. The van der Waals surface area contributed by atoms with Gasteiger partial charge in [0.05, 0.1) is 0 Å². The summed E-state index contributed by atoms with van der Waals surface area (Å²) in [4.78, 5) is 10.8. The van der Waals surface area contributed by atoms with Gasteiger partial charge in [0, 0.05) is 12.8 Å². The first kappa shape index (κ1) is 8.28. The van der Waals surface area contributed by atoms with E-state index in [0.29, 0.717) is 5.78 Å². The lowest BCUT2D eigenvalue weighted by atomic mass is 9.68. The van der Waals surface area contributed by atoms with Gasteiger partial charge in [-0.1, -0.05) is 19.8 Å². The summed E-state index contributed by atoms with van der Waals surface area (Å²) in [7, 11) is 0. The Labute approximate surface area is 74.5 Å². The van der Waals surface area contributed by atoms with E-state index in [4.69, 9.17) is 0 Å². The first-order valence-electron chi connectivity index (χ1n) is 5.27.